The fourth-order valence-electron chi connectivity index (χ4n) is 3.11. The Labute approximate surface area is 180 Å². The van der Waals surface area contributed by atoms with Gasteiger partial charge in [0.2, 0.25) is 5.91 Å². The summed E-state index contributed by atoms with van der Waals surface area (Å²) < 4.78 is 1.54. The first-order valence-electron chi connectivity index (χ1n) is 9.10. The lowest BCUT2D eigenvalue weighted by atomic mass is 10.2. The molecule has 0 atom stereocenters. The van der Waals surface area contributed by atoms with E-state index in [0.717, 1.165) is 16.1 Å². The molecule has 0 aliphatic carbocycles. The molecule has 5 nitrogen and oxygen atoms in total. The van der Waals surface area contributed by atoms with Gasteiger partial charge in [0.25, 0.3) is 5.56 Å². The Kier molecular flexibility index (Phi) is 5.84. The monoisotopic (exact) mass is 441 g/mol. The fourth-order valence-corrected chi connectivity index (χ4v) is 5.76. The third-order valence-electron chi connectivity index (χ3n) is 4.57. The van der Waals surface area contributed by atoms with Crippen LogP contribution in [-0.2, 0) is 11.8 Å². The Morgan fingerprint density at radius 1 is 1.17 bits per heavy atom. The van der Waals surface area contributed by atoms with Crippen LogP contribution in [0.1, 0.15) is 6.92 Å². The summed E-state index contributed by atoms with van der Waals surface area (Å²) in [5.74, 6) is 0.209. The van der Waals surface area contributed by atoms with Gasteiger partial charge in [0, 0.05) is 35.1 Å². The van der Waals surface area contributed by atoms with Crippen LogP contribution in [0.5, 0.6) is 0 Å². The van der Waals surface area contributed by atoms with E-state index < -0.39 is 0 Å². The van der Waals surface area contributed by atoms with Gasteiger partial charge in [0.05, 0.1) is 11.1 Å². The first-order chi connectivity index (χ1) is 14.1. The van der Waals surface area contributed by atoms with Crippen LogP contribution in [0.4, 0.5) is 5.69 Å². The number of nitrogens with zero attached hydrogens (tertiary/aromatic N) is 3. The molecule has 1 amide bonds. The van der Waals surface area contributed by atoms with Gasteiger partial charge >= 0.3 is 0 Å². The lowest BCUT2D eigenvalue weighted by Gasteiger charge is -2.20. The predicted octanol–water partition coefficient (Wildman–Crippen LogP) is 4.87. The van der Waals surface area contributed by atoms with E-state index in [9.17, 15) is 9.59 Å². The Morgan fingerprint density at radius 2 is 1.97 bits per heavy atom. The van der Waals surface area contributed by atoms with Crippen molar-refractivity contribution in [1.82, 2.24) is 9.55 Å². The lowest BCUT2D eigenvalue weighted by Crippen LogP contribution is -2.32. The van der Waals surface area contributed by atoms with Gasteiger partial charge in [0.1, 0.15) is 4.83 Å². The Balaban J connectivity index is 1.60. The fraction of sp³-hybridized carbons (Fsp3) is 0.190. The molecule has 0 bridgehead atoms. The maximum Gasteiger partial charge on any atom is 0.263 e. The summed E-state index contributed by atoms with van der Waals surface area (Å²) in [5, 5.41) is 5.19. The Bertz CT molecular complexity index is 1200. The standard InChI is InChI=1S/C21H19N3O2S3/c1-3-24(14-8-5-4-6-9-14)17(25)13-29-21-22-19-18(20(26)23(21)2)15(12-28-19)16-10-7-11-27-16/h4-12H,3,13H2,1-2H3. The molecule has 1 aromatic carbocycles. The second-order valence-electron chi connectivity index (χ2n) is 6.33. The number of para-hydroxylation sites is 1. The summed E-state index contributed by atoms with van der Waals surface area (Å²) in [7, 11) is 1.71. The minimum Gasteiger partial charge on any atom is -0.312 e. The zero-order valence-corrected chi connectivity index (χ0v) is 18.4. The highest BCUT2D eigenvalue weighted by molar-refractivity contribution is 7.99. The number of benzene rings is 1. The number of carbonyl (C=O) groups is 1. The number of rotatable bonds is 6. The number of hydrogen-bond donors (Lipinski definition) is 0. The Hall–Kier alpha value is -2.42. The van der Waals surface area contributed by atoms with E-state index in [-0.39, 0.29) is 17.2 Å². The maximum absolute atomic E-state index is 13.0. The van der Waals surface area contributed by atoms with Gasteiger partial charge in [0.15, 0.2) is 5.16 Å². The van der Waals surface area contributed by atoms with Gasteiger partial charge in [-0.15, -0.1) is 22.7 Å². The van der Waals surface area contributed by atoms with Crippen molar-refractivity contribution in [3.8, 4) is 10.4 Å². The van der Waals surface area contributed by atoms with Crippen LogP contribution in [0.3, 0.4) is 0 Å². The number of fused-ring (bicyclic) bond motifs is 1. The smallest absolute Gasteiger partial charge is 0.263 e. The van der Waals surface area contributed by atoms with Gasteiger partial charge in [-0.1, -0.05) is 36.0 Å². The van der Waals surface area contributed by atoms with E-state index in [1.807, 2.05) is 60.1 Å². The topological polar surface area (TPSA) is 55.2 Å². The molecule has 29 heavy (non-hydrogen) atoms. The molecule has 0 aliphatic heterocycles. The number of amides is 1. The molecule has 0 saturated carbocycles. The van der Waals surface area contributed by atoms with E-state index in [1.165, 1.54) is 23.1 Å². The Morgan fingerprint density at radius 3 is 2.66 bits per heavy atom. The number of hydrogen-bond acceptors (Lipinski definition) is 6. The van der Waals surface area contributed by atoms with Crippen molar-refractivity contribution < 1.29 is 4.79 Å². The predicted molar refractivity (Wildman–Crippen MR) is 123 cm³/mol. The van der Waals surface area contributed by atoms with Gasteiger partial charge in [-0.3, -0.25) is 14.2 Å². The van der Waals surface area contributed by atoms with Gasteiger partial charge < -0.3 is 4.90 Å². The molecule has 8 heteroatoms. The highest BCUT2D eigenvalue weighted by Gasteiger charge is 2.19. The average molecular weight is 442 g/mol. The summed E-state index contributed by atoms with van der Waals surface area (Å²) in [6, 6.07) is 13.6. The quantitative estimate of drug-likeness (QED) is 0.316. The number of anilines is 1. The van der Waals surface area contributed by atoms with Crippen LogP contribution in [0.25, 0.3) is 20.7 Å². The molecule has 3 heterocycles. The van der Waals surface area contributed by atoms with Crippen molar-refractivity contribution in [3.05, 3.63) is 63.6 Å². The molecule has 0 unspecified atom stereocenters. The van der Waals surface area contributed by atoms with Crippen molar-refractivity contribution in [2.24, 2.45) is 7.05 Å². The van der Waals surface area contributed by atoms with Crippen LogP contribution in [0.15, 0.2) is 63.2 Å². The first-order valence-corrected chi connectivity index (χ1v) is 11.8. The lowest BCUT2D eigenvalue weighted by molar-refractivity contribution is -0.116. The molecule has 0 N–H and O–H groups in total. The summed E-state index contributed by atoms with van der Waals surface area (Å²) in [6.45, 7) is 2.54. The molecule has 0 spiro atoms. The summed E-state index contributed by atoms with van der Waals surface area (Å²) in [6.07, 6.45) is 0. The minimum absolute atomic E-state index is 0.0106. The van der Waals surface area contributed by atoms with Crippen molar-refractivity contribution in [2.45, 2.75) is 12.1 Å². The highest BCUT2D eigenvalue weighted by Crippen LogP contribution is 2.34. The molecule has 0 fully saturated rings. The second-order valence-corrected chi connectivity index (χ2v) is 9.08. The normalized spacial score (nSPS) is 11.1. The molecule has 0 aliphatic rings. The molecule has 4 aromatic rings. The van der Waals surface area contributed by atoms with Crippen LogP contribution in [0, 0.1) is 0 Å². The van der Waals surface area contributed by atoms with E-state index in [2.05, 4.69) is 4.98 Å². The van der Waals surface area contributed by atoms with E-state index >= 15 is 0 Å². The molecule has 4 rings (SSSR count). The minimum atomic E-state index is -0.0787. The summed E-state index contributed by atoms with van der Waals surface area (Å²) in [5.41, 5.74) is 1.73. The molecule has 0 radical (unpaired) electrons. The first kappa shape index (κ1) is 19.9. The summed E-state index contributed by atoms with van der Waals surface area (Å²) in [4.78, 5) is 34.0. The number of aromatic nitrogens is 2. The third kappa shape index (κ3) is 3.88. The van der Waals surface area contributed by atoms with Crippen LogP contribution in [-0.4, -0.2) is 27.8 Å². The van der Waals surface area contributed by atoms with Crippen LogP contribution >= 0.6 is 34.4 Å². The number of thiophene rings is 2. The number of thioether (sulfide) groups is 1. The number of carbonyl (C=O) groups excluding carboxylic acids is 1. The maximum atomic E-state index is 13.0. The highest BCUT2D eigenvalue weighted by atomic mass is 32.2. The van der Waals surface area contributed by atoms with Crippen LogP contribution < -0.4 is 10.5 Å². The molecule has 3 aromatic heterocycles. The molecular weight excluding hydrogens is 422 g/mol. The SMILES string of the molecule is CCN(C(=O)CSc1nc2scc(-c3cccs3)c2c(=O)n1C)c1ccccc1. The van der Waals surface area contributed by atoms with Gasteiger partial charge in [-0.2, -0.15) is 0 Å². The van der Waals surface area contributed by atoms with Crippen molar-refractivity contribution in [1.29, 1.82) is 0 Å². The van der Waals surface area contributed by atoms with Gasteiger partial charge in [-0.25, -0.2) is 4.98 Å². The van der Waals surface area contributed by atoms with Crippen LogP contribution in [0.2, 0.25) is 0 Å². The molecule has 0 saturated heterocycles. The average Bonchev–Trinajstić information content (AvgIpc) is 3.40. The summed E-state index contributed by atoms with van der Waals surface area (Å²) >= 11 is 4.37. The van der Waals surface area contributed by atoms with Crippen molar-refractivity contribution in [2.75, 3.05) is 17.2 Å². The van der Waals surface area contributed by atoms with E-state index in [4.69, 9.17) is 0 Å². The largest absolute Gasteiger partial charge is 0.312 e. The van der Waals surface area contributed by atoms with E-state index in [0.29, 0.717) is 21.9 Å². The third-order valence-corrected chi connectivity index (χ3v) is 7.36. The van der Waals surface area contributed by atoms with Crippen molar-refractivity contribution >= 4 is 56.2 Å². The van der Waals surface area contributed by atoms with Gasteiger partial charge in [-0.05, 0) is 30.5 Å². The van der Waals surface area contributed by atoms with E-state index in [1.54, 1.807) is 27.9 Å². The molecule has 148 valence electrons. The zero-order valence-electron chi connectivity index (χ0n) is 16.0. The van der Waals surface area contributed by atoms with Crippen molar-refractivity contribution in [3.63, 3.8) is 0 Å². The zero-order chi connectivity index (χ0) is 20.4. The second kappa shape index (κ2) is 8.52. The molecular formula is C21H19N3O2S3.